The van der Waals surface area contributed by atoms with Crippen LogP contribution in [0.25, 0.3) is 28.2 Å². The molecule has 0 fully saturated rings. The molecule has 1 aliphatic carbocycles. The van der Waals surface area contributed by atoms with Crippen LogP contribution < -0.4 is 0 Å². The van der Waals surface area contributed by atoms with E-state index >= 15 is 0 Å². The van der Waals surface area contributed by atoms with Crippen LogP contribution in [0.5, 0.6) is 0 Å². The summed E-state index contributed by atoms with van der Waals surface area (Å²) in [6.07, 6.45) is 3.60. The largest absolute Gasteiger partial charge is 0.316 e. The Bertz CT molecular complexity index is 1240. The summed E-state index contributed by atoms with van der Waals surface area (Å²) in [5.74, 6) is -0.766. The zero-order valence-electron chi connectivity index (χ0n) is 15.6. The molecule has 0 N–H and O–H groups in total. The van der Waals surface area contributed by atoms with Gasteiger partial charge in [-0.3, -0.25) is 9.78 Å². The number of amides is 1. The van der Waals surface area contributed by atoms with Crippen molar-refractivity contribution >= 4 is 5.91 Å². The summed E-state index contributed by atoms with van der Waals surface area (Å²) in [6.45, 7) is 0. The Morgan fingerprint density at radius 3 is 2.59 bits per heavy atom. The first-order chi connectivity index (χ1) is 14.3. The van der Waals surface area contributed by atoms with E-state index in [1.807, 2.05) is 24.3 Å². The van der Waals surface area contributed by atoms with Crippen LogP contribution in [0.2, 0.25) is 0 Å². The van der Waals surface area contributed by atoms with Gasteiger partial charge in [0.2, 0.25) is 0 Å². The molecule has 5 nitrogen and oxygen atoms in total. The summed E-state index contributed by atoms with van der Waals surface area (Å²) in [5, 5.41) is 2.57. The number of benzene rings is 2. The Kier molecular flexibility index (Phi) is 4.13. The van der Waals surface area contributed by atoms with Crippen molar-refractivity contribution in [3.63, 3.8) is 0 Å². The first kappa shape index (κ1) is 17.3. The predicted octanol–water partition coefficient (Wildman–Crippen LogP) is 5.21. The number of nitrogens with zero attached hydrogens (tertiary/aromatic N) is 3. The molecule has 1 aliphatic rings. The van der Waals surface area contributed by atoms with E-state index in [1.165, 1.54) is 22.4 Å². The monoisotopic (exact) mass is 379 g/mol. The van der Waals surface area contributed by atoms with E-state index in [0.29, 0.717) is 0 Å². The summed E-state index contributed by atoms with van der Waals surface area (Å²) in [7, 11) is 0. The maximum absolute atomic E-state index is 11.8. The Hall–Kier alpha value is -3.86. The lowest BCUT2D eigenvalue weighted by Crippen LogP contribution is -2.09. The summed E-state index contributed by atoms with van der Waals surface area (Å²) < 4.78 is 2.15. The number of carbonyl (C=O) groups is 1. The second kappa shape index (κ2) is 6.95. The predicted molar refractivity (Wildman–Crippen MR) is 112 cm³/mol. The molecule has 0 aliphatic heterocycles. The van der Waals surface area contributed by atoms with Crippen LogP contribution in [0.1, 0.15) is 21.6 Å². The summed E-state index contributed by atoms with van der Waals surface area (Å²) in [5.41, 5.74) is 7.82. The first-order valence-corrected chi connectivity index (χ1v) is 9.48. The van der Waals surface area contributed by atoms with Gasteiger partial charge in [0.1, 0.15) is 0 Å². The second-order valence-corrected chi connectivity index (χ2v) is 7.04. The molecule has 1 amide bonds. The van der Waals surface area contributed by atoms with Gasteiger partial charge >= 0.3 is 5.91 Å². The minimum Gasteiger partial charge on any atom is -0.311 e. The molecule has 140 valence electrons. The smallest absolute Gasteiger partial charge is 0.311 e. The van der Waals surface area contributed by atoms with E-state index in [1.54, 1.807) is 24.4 Å². The molecule has 0 unspecified atom stereocenters. The average Bonchev–Trinajstić information content (AvgIpc) is 3.19. The highest BCUT2D eigenvalue weighted by Crippen LogP contribution is 2.40. The fourth-order valence-electron chi connectivity index (χ4n) is 4.11. The van der Waals surface area contributed by atoms with E-state index in [-0.39, 0.29) is 5.56 Å². The number of aromatic nitrogens is 2. The fourth-order valence-corrected chi connectivity index (χ4v) is 4.11. The third-order valence-corrected chi connectivity index (χ3v) is 5.40. The number of fused-ring (bicyclic) bond motifs is 3. The van der Waals surface area contributed by atoms with E-state index in [2.05, 4.69) is 45.1 Å². The Morgan fingerprint density at radius 2 is 1.76 bits per heavy atom. The zero-order valence-corrected chi connectivity index (χ0v) is 15.6. The minimum absolute atomic E-state index is 0.281. The van der Waals surface area contributed by atoms with Gasteiger partial charge in [-0.15, -0.1) is 4.91 Å². The quantitative estimate of drug-likeness (QED) is 0.459. The summed E-state index contributed by atoms with van der Waals surface area (Å²) in [4.78, 5) is 27.1. The van der Waals surface area contributed by atoms with Gasteiger partial charge in [-0.1, -0.05) is 36.4 Å². The van der Waals surface area contributed by atoms with Gasteiger partial charge < -0.3 is 4.57 Å². The molecule has 4 aromatic rings. The van der Waals surface area contributed by atoms with Crippen LogP contribution >= 0.6 is 0 Å². The summed E-state index contributed by atoms with van der Waals surface area (Å²) >= 11 is 0. The Morgan fingerprint density at radius 1 is 0.897 bits per heavy atom. The van der Waals surface area contributed by atoms with E-state index < -0.39 is 5.91 Å². The Balaban J connectivity index is 1.78. The number of hydrogen-bond donors (Lipinski definition) is 0. The molecule has 2 aromatic heterocycles. The van der Waals surface area contributed by atoms with Gasteiger partial charge in [0.25, 0.3) is 0 Å². The number of pyridine rings is 1. The maximum atomic E-state index is 11.8. The fraction of sp³-hybridized carbons (Fsp3) is 0.0833. The van der Waals surface area contributed by atoms with Crippen LogP contribution in [0.15, 0.2) is 84.2 Å². The molecule has 0 saturated heterocycles. The van der Waals surface area contributed by atoms with Crippen LogP contribution in [0.4, 0.5) is 0 Å². The van der Waals surface area contributed by atoms with Gasteiger partial charge in [0.05, 0.1) is 11.4 Å². The molecule has 0 bridgehead atoms. The van der Waals surface area contributed by atoms with Crippen molar-refractivity contribution in [3.8, 4) is 28.2 Å². The van der Waals surface area contributed by atoms with Crippen LogP contribution in [0, 0.1) is 4.91 Å². The molecule has 2 heterocycles. The average molecular weight is 379 g/mol. The molecule has 2 aromatic carbocycles. The van der Waals surface area contributed by atoms with Crippen molar-refractivity contribution in [1.82, 2.24) is 9.55 Å². The molecule has 29 heavy (non-hydrogen) atoms. The third-order valence-electron chi connectivity index (χ3n) is 5.40. The molecular formula is C24H17N3O2. The number of carbonyl (C=O) groups excluding carboxylic acids is 1. The van der Waals surface area contributed by atoms with Crippen molar-refractivity contribution in [3.05, 3.63) is 101 Å². The number of nitroso groups, excluding NO2 is 1. The molecule has 5 heteroatoms. The van der Waals surface area contributed by atoms with Crippen LogP contribution in [-0.4, -0.2) is 15.5 Å². The van der Waals surface area contributed by atoms with Gasteiger partial charge in [-0.05, 0) is 60.4 Å². The number of hydrogen-bond acceptors (Lipinski definition) is 3. The van der Waals surface area contributed by atoms with Gasteiger partial charge in [0.15, 0.2) is 0 Å². The SMILES string of the molecule is O=NC(=O)c1cccc(-n2c(-c3ccccn3)cc3c2CCc2ccccc2-3)c1. The second-order valence-electron chi connectivity index (χ2n) is 7.04. The molecule has 0 saturated carbocycles. The van der Waals surface area contributed by atoms with Crippen molar-refractivity contribution < 1.29 is 4.79 Å². The van der Waals surface area contributed by atoms with Crippen molar-refractivity contribution in [2.75, 3.05) is 0 Å². The summed E-state index contributed by atoms with van der Waals surface area (Å²) in [6, 6.07) is 23.5. The third kappa shape index (κ3) is 2.88. The minimum atomic E-state index is -0.766. The standard InChI is InChI=1S/C24H17N3O2/c28-24(26-29)17-7-5-8-18(14-17)27-22-12-11-16-6-1-2-9-19(16)20(22)15-23(27)21-10-3-4-13-25-21/h1-10,13-15H,11-12H2. The lowest BCUT2D eigenvalue weighted by Gasteiger charge is -2.20. The molecule has 0 radical (unpaired) electrons. The van der Waals surface area contributed by atoms with Crippen molar-refractivity contribution in [2.45, 2.75) is 12.8 Å². The number of aryl methyl sites for hydroxylation is 1. The normalized spacial score (nSPS) is 12.1. The molecule has 0 spiro atoms. The highest BCUT2D eigenvalue weighted by atomic mass is 16.3. The topological polar surface area (TPSA) is 64.3 Å². The van der Waals surface area contributed by atoms with Crippen molar-refractivity contribution in [1.29, 1.82) is 0 Å². The maximum Gasteiger partial charge on any atom is 0.316 e. The molecular weight excluding hydrogens is 362 g/mol. The first-order valence-electron chi connectivity index (χ1n) is 9.48. The van der Waals surface area contributed by atoms with Crippen molar-refractivity contribution in [2.24, 2.45) is 5.18 Å². The van der Waals surface area contributed by atoms with E-state index in [0.717, 1.165) is 29.9 Å². The Labute approximate surface area is 167 Å². The lowest BCUT2D eigenvalue weighted by molar-refractivity contribution is 0.100. The number of rotatable bonds is 3. The zero-order chi connectivity index (χ0) is 19.8. The lowest BCUT2D eigenvalue weighted by atomic mass is 9.90. The highest BCUT2D eigenvalue weighted by Gasteiger charge is 2.24. The van der Waals surface area contributed by atoms with E-state index in [9.17, 15) is 9.70 Å². The van der Waals surface area contributed by atoms with Crippen LogP contribution in [-0.2, 0) is 12.8 Å². The van der Waals surface area contributed by atoms with Gasteiger partial charge in [-0.25, -0.2) is 0 Å². The van der Waals surface area contributed by atoms with E-state index in [4.69, 9.17) is 0 Å². The van der Waals surface area contributed by atoms with Gasteiger partial charge in [0, 0.05) is 33.9 Å². The molecule has 5 rings (SSSR count). The van der Waals surface area contributed by atoms with Gasteiger partial charge in [-0.2, -0.15) is 0 Å². The highest BCUT2D eigenvalue weighted by molar-refractivity contribution is 5.95. The molecule has 0 atom stereocenters. The van der Waals surface area contributed by atoms with Crippen LogP contribution in [0.3, 0.4) is 0 Å².